The van der Waals surface area contributed by atoms with E-state index in [-0.39, 0.29) is 24.0 Å². The van der Waals surface area contributed by atoms with E-state index in [1.165, 1.54) is 0 Å². The number of carbonyl (C=O) groups is 4. The SMILES string of the molecule is Cc1oc(-c2ccccc2)nc1Cn1cc(-c2ccc3c(c2)C(=O)N(C2CCC(=O)NC2=O)C3=O)nn1. The standard InChI is InChI=1S/C26H20N6O5/c1-14-19(27-24(37-14)15-5-3-2-4-6-15)12-31-13-20(29-30-31)16-7-8-17-18(11-16)26(36)32(25(17)35)21-9-10-22(33)28-23(21)34/h2-8,11,13,21H,9-10,12H2,1H3,(H,28,33,34). The summed E-state index contributed by atoms with van der Waals surface area (Å²) in [6, 6.07) is 13.4. The first-order chi connectivity index (χ1) is 17.9. The van der Waals surface area contributed by atoms with Crippen LogP contribution < -0.4 is 5.32 Å². The molecule has 4 heterocycles. The number of nitrogens with zero attached hydrogens (tertiary/aromatic N) is 5. The normalized spacial score (nSPS) is 17.3. The second-order valence-corrected chi connectivity index (χ2v) is 8.90. The van der Waals surface area contributed by atoms with E-state index in [1.54, 1.807) is 29.1 Å². The lowest BCUT2D eigenvalue weighted by atomic mass is 10.0. The van der Waals surface area contributed by atoms with Crippen LogP contribution in [-0.4, -0.2) is 54.5 Å². The van der Waals surface area contributed by atoms with Gasteiger partial charge in [-0.15, -0.1) is 5.10 Å². The molecule has 2 aromatic carbocycles. The zero-order valence-electron chi connectivity index (χ0n) is 19.7. The van der Waals surface area contributed by atoms with Crippen LogP contribution in [0.3, 0.4) is 0 Å². The van der Waals surface area contributed by atoms with E-state index in [9.17, 15) is 19.2 Å². The molecule has 1 atom stereocenters. The molecule has 184 valence electrons. The number of nitrogens with one attached hydrogen (secondary N) is 1. The number of benzene rings is 2. The summed E-state index contributed by atoms with van der Waals surface area (Å²) in [6.45, 7) is 2.17. The molecule has 37 heavy (non-hydrogen) atoms. The number of imide groups is 2. The van der Waals surface area contributed by atoms with Gasteiger partial charge in [-0.25, -0.2) is 9.67 Å². The van der Waals surface area contributed by atoms with E-state index in [2.05, 4.69) is 20.6 Å². The van der Waals surface area contributed by atoms with Crippen molar-refractivity contribution in [1.82, 2.24) is 30.2 Å². The number of carbonyl (C=O) groups excluding carboxylic acids is 4. The molecule has 2 aromatic heterocycles. The Balaban J connectivity index is 1.23. The number of piperidine rings is 1. The molecule has 0 spiro atoms. The van der Waals surface area contributed by atoms with Crippen molar-refractivity contribution < 1.29 is 23.6 Å². The lowest BCUT2D eigenvalue weighted by Gasteiger charge is -2.27. The largest absolute Gasteiger partial charge is 0.441 e. The van der Waals surface area contributed by atoms with E-state index in [0.717, 1.165) is 10.5 Å². The maximum atomic E-state index is 13.1. The van der Waals surface area contributed by atoms with Crippen LogP contribution in [0.15, 0.2) is 59.1 Å². The third kappa shape index (κ3) is 3.90. The first-order valence-corrected chi connectivity index (χ1v) is 11.7. The third-order valence-electron chi connectivity index (χ3n) is 6.50. The summed E-state index contributed by atoms with van der Waals surface area (Å²) in [5.74, 6) is -0.995. The second kappa shape index (κ2) is 8.63. The molecule has 4 aromatic rings. The maximum Gasteiger partial charge on any atom is 0.262 e. The molecule has 4 amide bonds. The lowest BCUT2D eigenvalue weighted by molar-refractivity contribution is -0.136. The van der Waals surface area contributed by atoms with Crippen molar-refractivity contribution in [3.63, 3.8) is 0 Å². The number of aryl methyl sites for hydroxylation is 1. The molecule has 1 unspecified atom stereocenters. The second-order valence-electron chi connectivity index (χ2n) is 8.90. The molecular formula is C26H20N6O5. The Labute approximate surface area is 210 Å². The molecule has 11 heteroatoms. The molecule has 0 bridgehead atoms. The zero-order chi connectivity index (χ0) is 25.7. The number of amides is 4. The van der Waals surface area contributed by atoms with Gasteiger partial charge in [0.05, 0.1) is 23.9 Å². The highest BCUT2D eigenvalue weighted by atomic mass is 16.4. The molecule has 1 N–H and O–H groups in total. The van der Waals surface area contributed by atoms with Crippen LogP contribution in [0.1, 0.15) is 45.0 Å². The Morgan fingerprint density at radius 2 is 1.78 bits per heavy atom. The van der Waals surface area contributed by atoms with Gasteiger partial charge in [-0.3, -0.25) is 29.4 Å². The first kappa shape index (κ1) is 22.5. The number of hydrogen-bond acceptors (Lipinski definition) is 8. The molecule has 2 aliphatic rings. The Bertz CT molecular complexity index is 1590. The highest BCUT2D eigenvalue weighted by Gasteiger charge is 2.44. The minimum Gasteiger partial charge on any atom is -0.441 e. The van der Waals surface area contributed by atoms with Crippen molar-refractivity contribution in [1.29, 1.82) is 0 Å². The Morgan fingerprint density at radius 1 is 1.00 bits per heavy atom. The van der Waals surface area contributed by atoms with Crippen LogP contribution in [0, 0.1) is 6.92 Å². The third-order valence-corrected chi connectivity index (χ3v) is 6.50. The fraction of sp³-hybridized carbons (Fsp3) is 0.192. The minimum atomic E-state index is -1.01. The predicted octanol–water partition coefficient (Wildman–Crippen LogP) is 2.36. The highest BCUT2D eigenvalue weighted by Crippen LogP contribution is 2.31. The number of oxazole rings is 1. The summed E-state index contributed by atoms with van der Waals surface area (Å²) >= 11 is 0. The van der Waals surface area contributed by atoms with E-state index in [1.807, 2.05) is 37.3 Å². The van der Waals surface area contributed by atoms with Gasteiger partial charge in [0.15, 0.2) is 0 Å². The van der Waals surface area contributed by atoms with Crippen molar-refractivity contribution in [3.8, 4) is 22.7 Å². The lowest BCUT2D eigenvalue weighted by Crippen LogP contribution is -2.54. The first-order valence-electron chi connectivity index (χ1n) is 11.7. The van der Waals surface area contributed by atoms with Gasteiger partial charge >= 0.3 is 0 Å². The smallest absolute Gasteiger partial charge is 0.262 e. The van der Waals surface area contributed by atoms with E-state index < -0.39 is 29.7 Å². The van der Waals surface area contributed by atoms with Crippen molar-refractivity contribution in [3.05, 3.63) is 77.3 Å². The number of hydrogen-bond donors (Lipinski definition) is 1. The monoisotopic (exact) mass is 496 g/mol. The fourth-order valence-electron chi connectivity index (χ4n) is 4.57. The van der Waals surface area contributed by atoms with Gasteiger partial charge in [0, 0.05) is 17.5 Å². The topological polar surface area (TPSA) is 140 Å². The average Bonchev–Trinajstić information content (AvgIpc) is 3.58. The van der Waals surface area contributed by atoms with Gasteiger partial charge < -0.3 is 4.42 Å². The molecule has 2 aliphatic heterocycles. The molecule has 0 aliphatic carbocycles. The van der Waals surface area contributed by atoms with Crippen LogP contribution in [-0.2, 0) is 16.1 Å². The summed E-state index contributed by atoms with van der Waals surface area (Å²) < 4.78 is 7.43. The molecule has 0 radical (unpaired) electrons. The summed E-state index contributed by atoms with van der Waals surface area (Å²) in [4.78, 5) is 55.3. The van der Waals surface area contributed by atoms with Crippen LogP contribution in [0.25, 0.3) is 22.7 Å². The molecule has 1 saturated heterocycles. The number of rotatable bonds is 5. The predicted molar refractivity (Wildman–Crippen MR) is 128 cm³/mol. The minimum absolute atomic E-state index is 0.0655. The van der Waals surface area contributed by atoms with Gasteiger partial charge in [-0.2, -0.15) is 0 Å². The van der Waals surface area contributed by atoms with Crippen LogP contribution in [0.2, 0.25) is 0 Å². The van der Waals surface area contributed by atoms with Gasteiger partial charge in [0.2, 0.25) is 17.7 Å². The van der Waals surface area contributed by atoms with Gasteiger partial charge in [-0.05, 0) is 37.6 Å². The van der Waals surface area contributed by atoms with Crippen molar-refractivity contribution in [2.75, 3.05) is 0 Å². The summed E-state index contributed by atoms with van der Waals surface area (Å²) in [5.41, 5.74) is 3.08. The van der Waals surface area contributed by atoms with E-state index in [4.69, 9.17) is 4.42 Å². The summed E-state index contributed by atoms with van der Waals surface area (Å²) in [6.07, 6.45) is 1.89. The molecule has 0 saturated carbocycles. The van der Waals surface area contributed by atoms with Crippen LogP contribution in [0.4, 0.5) is 0 Å². The van der Waals surface area contributed by atoms with Crippen LogP contribution >= 0.6 is 0 Å². The van der Waals surface area contributed by atoms with Gasteiger partial charge in [-0.1, -0.05) is 29.5 Å². The van der Waals surface area contributed by atoms with E-state index >= 15 is 0 Å². The van der Waals surface area contributed by atoms with Crippen molar-refractivity contribution >= 4 is 23.6 Å². The molecular weight excluding hydrogens is 476 g/mol. The van der Waals surface area contributed by atoms with E-state index in [0.29, 0.717) is 35.1 Å². The highest BCUT2D eigenvalue weighted by molar-refractivity contribution is 6.23. The fourth-order valence-corrected chi connectivity index (χ4v) is 4.57. The molecule has 1 fully saturated rings. The van der Waals surface area contributed by atoms with Gasteiger partial charge in [0.1, 0.15) is 23.2 Å². The Morgan fingerprint density at radius 3 is 2.57 bits per heavy atom. The number of fused-ring (bicyclic) bond motifs is 1. The van der Waals surface area contributed by atoms with Crippen molar-refractivity contribution in [2.45, 2.75) is 32.4 Å². The summed E-state index contributed by atoms with van der Waals surface area (Å²) in [5, 5.41) is 10.6. The molecule has 11 nitrogen and oxygen atoms in total. The Hall–Kier alpha value is -4.93. The zero-order valence-corrected chi connectivity index (χ0v) is 19.7. The Kier molecular flexibility index (Phi) is 5.25. The maximum absolute atomic E-state index is 13.1. The van der Waals surface area contributed by atoms with Gasteiger partial charge in [0.25, 0.3) is 11.8 Å². The van der Waals surface area contributed by atoms with Crippen LogP contribution in [0.5, 0.6) is 0 Å². The average molecular weight is 496 g/mol. The van der Waals surface area contributed by atoms with Crippen molar-refractivity contribution in [2.24, 2.45) is 0 Å². The number of aromatic nitrogens is 4. The molecule has 6 rings (SSSR count). The quantitative estimate of drug-likeness (QED) is 0.415. The summed E-state index contributed by atoms with van der Waals surface area (Å²) in [7, 11) is 0.